The molecule has 1 aliphatic rings. The standard InChI is InChI=1S/C30H46O7S/c1-3-4-5-14-36-15-16-37-30(34)10-7-17-38-18-13-27-26(28(32)21-29(27)33)12-11-25(31)20-23-8-6-9-24(19-23)22-35-2/h6,8-9,11-12,19,25-28,31-32H,3-5,7,10,13-18,20-22H2,1-2H3/b12-11+/t25-,26+,27-,28-/m1/s1. The average Bonchev–Trinajstić information content (AvgIpc) is 3.16. The predicted molar refractivity (Wildman–Crippen MR) is 151 cm³/mol. The number of rotatable bonds is 20. The molecule has 0 bridgehead atoms. The molecule has 214 valence electrons. The molecule has 0 spiro atoms. The van der Waals surface area contributed by atoms with Crippen molar-refractivity contribution in [2.45, 2.75) is 77.1 Å². The Hall–Kier alpha value is -1.71. The van der Waals surface area contributed by atoms with Crippen LogP contribution in [0.3, 0.4) is 0 Å². The lowest BCUT2D eigenvalue weighted by Crippen LogP contribution is -2.20. The molecule has 1 saturated carbocycles. The van der Waals surface area contributed by atoms with E-state index >= 15 is 0 Å². The zero-order chi connectivity index (χ0) is 27.6. The van der Waals surface area contributed by atoms with Crippen molar-refractivity contribution in [2.24, 2.45) is 11.8 Å². The van der Waals surface area contributed by atoms with Crippen LogP contribution in [0.25, 0.3) is 0 Å². The van der Waals surface area contributed by atoms with Gasteiger partial charge in [0.2, 0.25) is 0 Å². The molecule has 38 heavy (non-hydrogen) atoms. The summed E-state index contributed by atoms with van der Waals surface area (Å²) >= 11 is 1.71. The zero-order valence-electron chi connectivity index (χ0n) is 23.0. The van der Waals surface area contributed by atoms with Crippen LogP contribution < -0.4 is 0 Å². The molecular weight excluding hydrogens is 504 g/mol. The monoisotopic (exact) mass is 550 g/mol. The van der Waals surface area contributed by atoms with Crippen LogP contribution in [0.4, 0.5) is 0 Å². The lowest BCUT2D eigenvalue weighted by molar-refractivity contribution is -0.145. The highest BCUT2D eigenvalue weighted by Crippen LogP contribution is 2.34. The number of carbonyl (C=O) groups excluding carboxylic acids is 2. The van der Waals surface area contributed by atoms with Gasteiger partial charge >= 0.3 is 5.97 Å². The number of esters is 1. The van der Waals surface area contributed by atoms with Crippen LogP contribution in [0, 0.1) is 11.8 Å². The Bertz CT molecular complexity index is 844. The van der Waals surface area contributed by atoms with E-state index in [1.807, 2.05) is 30.3 Å². The van der Waals surface area contributed by atoms with Crippen molar-refractivity contribution >= 4 is 23.5 Å². The maximum Gasteiger partial charge on any atom is 0.305 e. The maximum atomic E-state index is 12.5. The largest absolute Gasteiger partial charge is 0.463 e. The fourth-order valence-corrected chi connectivity index (χ4v) is 5.62. The van der Waals surface area contributed by atoms with E-state index in [1.54, 1.807) is 24.9 Å². The van der Waals surface area contributed by atoms with Crippen molar-refractivity contribution < 1.29 is 34.0 Å². The van der Waals surface area contributed by atoms with E-state index in [0.717, 1.165) is 48.3 Å². The van der Waals surface area contributed by atoms with Gasteiger partial charge in [-0.2, -0.15) is 11.8 Å². The summed E-state index contributed by atoms with van der Waals surface area (Å²) in [6.07, 6.45) is 7.85. The summed E-state index contributed by atoms with van der Waals surface area (Å²) in [5, 5.41) is 21.0. The summed E-state index contributed by atoms with van der Waals surface area (Å²) in [6.45, 7) is 4.12. The number of methoxy groups -OCH3 is 1. The molecule has 0 heterocycles. The van der Waals surface area contributed by atoms with Gasteiger partial charge in [-0.3, -0.25) is 9.59 Å². The number of ketones is 1. The Morgan fingerprint density at radius 3 is 2.76 bits per heavy atom. The number of ether oxygens (including phenoxy) is 3. The first-order chi connectivity index (χ1) is 18.4. The quantitative estimate of drug-likeness (QED) is 0.139. The molecular formula is C30H46O7S. The van der Waals surface area contributed by atoms with Crippen LogP contribution in [0.15, 0.2) is 36.4 Å². The van der Waals surface area contributed by atoms with E-state index in [1.165, 1.54) is 0 Å². The summed E-state index contributed by atoms with van der Waals surface area (Å²) in [6, 6.07) is 7.91. The predicted octanol–water partition coefficient (Wildman–Crippen LogP) is 4.51. The minimum atomic E-state index is -0.712. The van der Waals surface area contributed by atoms with E-state index in [0.29, 0.717) is 45.7 Å². The zero-order valence-corrected chi connectivity index (χ0v) is 23.8. The Kier molecular flexibility index (Phi) is 16.6. The number of Topliss-reactive ketones (excluding diaryl/α,β-unsaturated/α-hetero) is 1. The Morgan fingerprint density at radius 2 is 1.97 bits per heavy atom. The summed E-state index contributed by atoms with van der Waals surface area (Å²) < 4.78 is 15.8. The van der Waals surface area contributed by atoms with Crippen LogP contribution in [0.2, 0.25) is 0 Å². The number of hydrogen-bond donors (Lipinski definition) is 2. The van der Waals surface area contributed by atoms with Gasteiger partial charge in [-0.05, 0) is 41.9 Å². The number of carbonyl (C=O) groups is 2. The number of aliphatic hydroxyl groups excluding tert-OH is 2. The van der Waals surface area contributed by atoms with Gasteiger partial charge in [0.1, 0.15) is 12.4 Å². The van der Waals surface area contributed by atoms with Crippen LogP contribution in [0.5, 0.6) is 0 Å². The van der Waals surface area contributed by atoms with Crippen molar-refractivity contribution in [1.82, 2.24) is 0 Å². The van der Waals surface area contributed by atoms with Gasteiger partial charge in [-0.15, -0.1) is 0 Å². The first-order valence-electron chi connectivity index (χ1n) is 13.9. The van der Waals surface area contributed by atoms with E-state index < -0.39 is 12.2 Å². The second-order valence-electron chi connectivity index (χ2n) is 9.88. The number of benzene rings is 1. The summed E-state index contributed by atoms with van der Waals surface area (Å²) in [5.41, 5.74) is 2.06. The van der Waals surface area contributed by atoms with E-state index in [4.69, 9.17) is 14.2 Å². The Morgan fingerprint density at radius 1 is 1.16 bits per heavy atom. The molecule has 1 fully saturated rings. The van der Waals surface area contributed by atoms with Crippen LogP contribution in [0.1, 0.15) is 63.0 Å². The second kappa shape index (κ2) is 19.4. The molecule has 7 nitrogen and oxygen atoms in total. The first kappa shape index (κ1) is 32.5. The molecule has 0 aromatic heterocycles. The highest BCUT2D eigenvalue weighted by molar-refractivity contribution is 7.99. The number of hydrogen-bond acceptors (Lipinski definition) is 8. The van der Waals surface area contributed by atoms with Crippen molar-refractivity contribution in [3.8, 4) is 0 Å². The molecule has 2 rings (SSSR count). The van der Waals surface area contributed by atoms with Crippen molar-refractivity contribution in [3.63, 3.8) is 0 Å². The molecule has 8 heteroatoms. The molecule has 1 aliphatic carbocycles. The molecule has 0 aliphatic heterocycles. The van der Waals surface area contributed by atoms with E-state index in [9.17, 15) is 19.8 Å². The molecule has 4 atom stereocenters. The average molecular weight is 551 g/mol. The van der Waals surface area contributed by atoms with Crippen LogP contribution in [-0.4, -0.2) is 72.6 Å². The number of unbranched alkanes of at least 4 members (excludes halogenated alkanes) is 2. The van der Waals surface area contributed by atoms with Crippen LogP contribution >= 0.6 is 11.8 Å². The molecule has 1 aromatic rings. The van der Waals surface area contributed by atoms with Crippen LogP contribution in [-0.2, 0) is 36.8 Å². The molecule has 0 unspecified atom stereocenters. The van der Waals surface area contributed by atoms with Gasteiger partial charge in [-0.1, -0.05) is 56.2 Å². The topological polar surface area (TPSA) is 102 Å². The molecule has 0 saturated heterocycles. The van der Waals surface area contributed by atoms with Gasteiger partial charge in [0.15, 0.2) is 0 Å². The molecule has 2 N–H and O–H groups in total. The minimum Gasteiger partial charge on any atom is -0.463 e. The second-order valence-corrected chi connectivity index (χ2v) is 11.1. The van der Waals surface area contributed by atoms with Gasteiger partial charge in [-0.25, -0.2) is 0 Å². The van der Waals surface area contributed by atoms with Crippen molar-refractivity contribution in [2.75, 3.05) is 38.4 Å². The fraction of sp³-hybridized carbons (Fsp3) is 0.667. The van der Waals surface area contributed by atoms with Crippen molar-refractivity contribution in [3.05, 3.63) is 47.5 Å². The highest BCUT2D eigenvalue weighted by Gasteiger charge is 2.39. The van der Waals surface area contributed by atoms with E-state index in [-0.39, 0.29) is 30.0 Å². The fourth-order valence-electron chi connectivity index (χ4n) is 4.65. The lowest BCUT2D eigenvalue weighted by Gasteiger charge is -2.18. The normalized spacial score (nSPS) is 20.3. The molecule has 0 radical (unpaired) electrons. The first-order valence-corrected chi connectivity index (χ1v) is 15.0. The summed E-state index contributed by atoms with van der Waals surface area (Å²) in [5.74, 6) is 0.946. The third-order valence-corrected chi connectivity index (χ3v) is 7.76. The lowest BCUT2D eigenvalue weighted by atomic mass is 9.91. The number of thioether (sulfide) groups is 1. The van der Waals surface area contributed by atoms with Gasteiger partial charge in [0.05, 0.1) is 25.4 Å². The minimum absolute atomic E-state index is 0.0787. The third-order valence-electron chi connectivity index (χ3n) is 6.66. The summed E-state index contributed by atoms with van der Waals surface area (Å²) in [7, 11) is 1.65. The molecule has 1 aromatic carbocycles. The van der Waals surface area contributed by atoms with Crippen molar-refractivity contribution in [1.29, 1.82) is 0 Å². The Balaban J connectivity index is 1.64. The SMILES string of the molecule is CCCCCOCCOC(=O)CCCSCC[C@H]1C(=O)C[C@@H](O)[C@H]1/C=C/[C@@H](O)Cc1cccc(COC)c1. The van der Waals surface area contributed by atoms with E-state index in [2.05, 4.69) is 6.92 Å². The highest BCUT2D eigenvalue weighted by atomic mass is 32.2. The van der Waals surface area contributed by atoms with Gasteiger partial charge < -0.3 is 24.4 Å². The Labute approximate surface area is 232 Å². The number of aliphatic hydroxyl groups is 2. The summed E-state index contributed by atoms with van der Waals surface area (Å²) in [4.78, 5) is 24.3. The maximum absolute atomic E-state index is 12.5. The van der Waals surface area contributed by atoms with Gasteiger partial charge in [0.25, 0.3) is 0 Å². The smallest absolute Gasteiger partial charge is 0.305 e. The molecule has 0 amide bonds. The van der Waals surface area contributed by atoms with Gasteiger partial charge in [0, 0.05) is 44.8 Å². The third kappa shape index (κ3) is 12.9.